The molecule has 0 aromatic carbocycles. The van der Waals surface area contributed by atoms with Gasteiger partial charge in [-0.15, -0.1) is 0 Å². The lowest BCUT2D eigenvalue weighted by Gasteiger charge is -1.90. The summed E-state index contributed by atoms with van der Waals surface area (Å²) < 4.78 is 4.97. The third kappa shape index (κ3) is 2.28. The minimum atomic E-state index is 0.326. The van der Waals surface area contributed by atoms with Gasteiger partial charge in [0.05, 0.1) is 12.7 Å². The second-order valence-corrected chi connectivity index (χ2v) is 2.17. The largest absolute Gasteiger partial charge is 0.396 e. The number of hydrogen-bond acceptors (Lipinski definition) is 2. The first-order valence-electron chi connectivity index (χ1n) is 3.16. The summed E-state index contributed by atoms with van der Waals surface area (Å²) in [6.45, 7) is 1.28. The molecule has 1 aliphatic heterocycles. The van der Waals surface area contributed by atoms with Crippen molar-refractivity contribution in [3.05, 3.63) is 0 Å². The molecule has 0 aromatic rings. The number of rotatable bonds is 4. The fourth-order valence-electron chi connectivity index (χ4n) is 0.719. The Labute approximate surface area is 49.5 Å². The Morgan fingerprint density at radius 1 is 1.50 bits per heavy atom. The lowest BCUT2D eigenvalue weighted by Crippen LogP contribution is -1.87. The van der Waals surface area contributed by atoms with E-state index in [0.717, 1.165) is 25.9 Å². The van der Waals surface area contributed by atoms with Crippen molar-refractivity contribution < 1.29 is 9.84 Å². The monoisotopic (exact) mass is 116 g/mol. The van der Waals surface area contributed by atoms with E-state index >= 15 is 0 Å². The third-order valence-electron chi connectivity index (χ3n) is 1.34. The molecule has 2 heteroatoms. The van der Waals surface area contributed by atoms with Crippen molar-refractivity contribution in [1.82, 2.24) is 0 Å². The van der Waals surface area contributed by atoms with Gasteiger partial charge in [0, 0.05) is 6.61 Å². The summed E-state index contributed by atoms with van der Waals surface area (Å²) in [6.07, 6.45) is 3.73. The summed E-state index contributed by atoms with van der Waals surface area (Å²) in [6, 6.07) is 0. The van der Waals surface area contributed by atoms with Crippen molar-refractivity contribution in [3.63, 3.8) is 0 Å². The maximum absolute atomic E-state index is 8.36. The molecule has 0 radical (unpaired) electrons. The van der Waals surface area contributed by atoms with Gasteiger partial charge < -0.3 is 9.84 Å². The molecule has 0 saturated carbocycles. The van der Waals surface area contributed by atoms with Gasteiger partial charge in [-0.1, -0.05) is 0 Å². The molecule has 1 heterocycles. The molecular weight excluding hydrogens is 104 g/mol. The zero-order valence-corrected chi connectivity index (χ0v) is 4.97. The second-order valence-electron chi connectivity index (χ2n) is 2.17. The molecule has 8 heavy (non-hydrogen) atoms. The molecule has 2 nitrogen and oxygen atoms in total. The molecule has 1 atom stereocenters. The van der Waals surface area contributed by atoms with E-state index in [2.05, 4.69) is 0 Å². The number of hydrogen-bond donors (Lipinski definition) is 1. The normalized spacial score (nSPS) is 25.9. The highest BCUT2D eigenvalue weighted by atomic mass is 16.6. The van der Waals surface area contributed by atoms with E-state index < -0.39 is 0 Å². The van der Waals surface area contributed by atoms with Gasteiger partial charge in [-0.3, -0.25) is 0 Å². The number of aliphatic hydroxyl groups excluding tert-OH is 1. The summed E-state index contributed by atoms with van der Waals surface area (Å²) in [5, 5.41) is 8.36. The van der Waals surface area contributed by atoms with Crippen molar-refractivity contribution in [1.29, 1.82) is 0 Å². The second kappa shape index (κ2) is 3.05. The minimum Gasteiger partial charge on any atom is -0.396 e. The lowest BCUT2D eigenvalue weighted by molar-refractivity contribution is 0.279. The molecule has 0 aliphatic carbocycles. The predicted molar refractivity (Wildman–Crippen MR) is 30.7 cm³/mol. The third-order valence-corrected chi connectivity index (χ3v) is 1.34. The molecule has 0 amide bonds. The topological polar surface area (TPSA) is 32.8 Å². The first-order valence-corrected chi connectivity index (χ1v) is 3.16. The van der Waals surface area contributed by atoms with Gasteiger partial charge in [0.25, 0.3) is 0 Å². The van der Waals surface area contributed by atoms with Crippen LogP contribution in [-0.4, -0.2) is 24.4 Å². The summed E-state index contributed by atoms with van der Waals surface area (Å²) >= 11 is 0. The smallest absolute Gasteiger partial charge is 0.0810 e. The van der Waals surface area contributed by atoms with Crippen LogP contribution in [0.1, 0.15) is 19.3 Å². The average Bonchev–Trinajstić information content (AvgIpc) is 2.51. The molecule has 0 unspecified atom stereocenters. The molecule has 0 spiro atoms. The van der Waals surface area contributed by atoms with E-state index in [1.54, 1.807) is 0 Å². The van der Waals surface area contributed by atoms with E-state index in [-0.39, 0.29) is 0 Å². The zero-order valence-electron chi connectivity index (χ0n) is 4.97. The van der Waals surface area contributed by atoms with Gasteiger partial charge in [0.2, 0.25) is 0 Å². The Morgan fingerprint density at radius 3 is 2.75 bits per heavy atom. The SMILES string of the molecule is OCCCC[C@@H]1CO1. The van der Waals surface area contributed by atoms with Gasteiger partial charge >= 0.3 is 0 Å². The molecule has 1 saturated heterocycles. The molecule has 48 valence electrons. The van der Waals surface area contributed by atoms with E-state index in [0.29, 0.717) is 12.7 Å². The van der Waals surface area contributed by atoms with Gasteiger partial charge in [-0.2, -0.15) is 0 Å². The Kier molecular flexibility index (Phi) is 2.30. The molecular formula is C6H12O2. The van der Waals surface area contributed by atoms with Gasteiger partial charge in [0.1, 0.15) is 0 Å². The summed E-state index contributed by atoms with van der Waals surface area (Å²) in [5.41, 5.74) is 0. The van der Waals surface area contributed by atoms with Crippen LogP contribution >= 0.6 is 0 Å². The van der Waals surface area contributed by atoms with E-state index in [1.165, 1.54) is 0 Å². The first-order chi connectivity index (χ1) is 3.93. The highest BCUT2D eigenvalue weighted by Gasteiger charge is 2.20. The quantitative estimate of drug-likeness (QED) is 0.429. The summed E-state index contributed by atoms with van der Waals surface area (Å²) in [7, 11) is 0. The maximum atomic E-state index is 8.36. The molecule has 0 aromatic heterocycles. The number of epoxide rings is 1. The Balaban J connectivity index is 1.74. The van der Waals surface area contributed by atoms with Gasteiger partial charge in [-0.25, -0.2) is 0 Å². The molecule has 1 N–H and O–H groups in total. The minimum absolute atomic E-state index is 0.326. The van der Waals surface area contributed by atoms with Crippen molar-refractivity contribution in [3.8, 4) is 0 Å². The summed E-state index contributed by atoms with van der Waals surface area (Å²) in [4.78, 5) is 0. The van der Waals surface area contributed by atoms with Crippen molar-refractivity contribution >= 4 is 0 Å². The van der Waals surface area contributed by atoms with Crippen LogP contribution in [0.15, 0.2) is 0 Å². The number of aliphatic hydroxyl groups is 1. The summed E-state index contributed by atoms with van der Waals surface area (Å²) in [5.74, 6) is 0. The molecule has 1 aliphatic rings. The van der Waals surface area contributed by atoms with E-state index in [4.69, 9.17) is 9.84 Å². The van der Waals surface area contributed by atoms with Crippen LogP contribution in [0.4, 0.5) is 0 Å². The Bertz CT molecular complexity index is 59.5. The van der Waals surface area contributed by atoms with Crippen LogP contribution < -0.4 is 0 Å². The Hall–Kier alpha value is -0.0800. The van der Waals surface area contributed by atoms with Crippen molar-refractivity contribution in [2.75, 3.05) is 13.2 Å². The molecule has 1 fully saturated rings. The Morgan fingerprint density at radius 2 is 2.25 bits per heavy atom. The fourth-order valence-corrected chi connectivity index (χ4v) is 0.719. The highest BCUT2D eigenvalue weighted by molar-refractivity contribution is 4.67. The van der Waals surface area contributed by atoms with Crippen LogP contribution in [-0.2, 0) is 4.74 Å². The lowest BCUT2D eigenvalue weighted by atomic mass is 10.2. The zero-order chi connectivity index (χ0) is 5.82. The van der Waals surface area contributed by atoms with Crippen LogP contribution in [0.5, 0.6) is 0 Å². The number of unbranched alkanes of at least 4 members (excludes halogenated alkanes) is 1. The van der Waals surface area contributed by atoms with E-state index in [1.807, 2.05) is 0 Å². The number of ether oxygens (including phenoxy) is 1. The van der Waals surface area contributed by atoms with Crippen molar-refractivity contribution in [2.24, 2.45) is 0 Å². The first kappa shape index (κ1) is 6.05. The fraction of sp³-hybridized carbons (Fsp3) is 1.00. The van der Waals surface area contributed by atoms with Crippen LogP contribution in [0.2, 0.25) is 0 Å². The van der Waals surface area contributed by atoms with E-state index in [9.17, 15) is 0 Å². The van der Waals surface area contributed by atoms with Crippen LogP contribution in [0, 0.1) is 0 Å². The molecule has 1 rings (SSSR count). The van der Waals surface area contributed by atoms with Crippen LogP contribution in [0.3, 0.4) is 0 Å². The van der Waals surface area contributed by atoms with Gasteiger partial charge in [-0.05, 0) is 19.3 Å². The standard InChI is InChI=1S/C6H12O2/c7-4-2-1-3-6-5-8-6/h6-7H,1-5H2/t6-/m1/s1. The van der Waals surface area contributed by atoms with Crippen LogP contribution in [0.25, 0.3) is 0 Å². The maximum Gasteiger partial charge on any atom is 0.0810 e. The predicted octanol–water partition coefficient (Wildman–Crippen LogP) is 0.548. The average molecular weight is 116 g/mol. The highest BCUT2D eigenvalue weighted by Crippen LogP contribution is 2.15. The molecule has 0 bridgehead atoms. The van der Waals surface area contributed by atoms with Gasteiger partial charge in [0.15, 0.2) is 0 Å². The van der Waals surface area contributed by atoms with Crippen molar-refractivity contribution in [2.45, 2.75) is 25.4 Å².